The number of nitrogens with one attached hydrogen (secondary N) is 2. The van der Waals surface area contributed by atoms with E-state index in [0.29, 0.717) is 19.5 Å². The van der Waals surface area contributed by atoms with Gasteiger partial charge >= 0.3 is 6.09 Å². The Balaban J connectivity index is 1.11. The highest BCUT2D eigenvalue weighted by molar-refractivity contribution is 5.82. The minimum absolute atomic E-state index is 0.000248. The fourth-order valence-electron chi connectivity index (χ4n) is 5.31. The topological polar surface area (TPSA) is 70.7 Å². The summed E-state index contributed by atoms with van der Waals surface area (Å²) in [7, 11) is 1.92. The molecule has 0 saturated carbocycles. The van der Waals surface area contributed by atoms with Crippen molar-refractivity contribution in [3.63, 3.8) is 0 Å². The number of likely N-dealkylation sites (N-methyl/N-ethyl adjacent to an activating group) is 1. The van der Waals surface area contributed by atoms with Crippen LogP contribution in [-0.2, 0) is 16.0 Å². The number of amides is 2. The van der Waals surface area contributed by atoms with Gasteiger partial charge in [-0.05, 0) is 47.7 Å². The molecule has 0 bridgehead atoms. The number of alkyl carbamates (subject to hydrolysis) is 1. The first-order chi connectivity index (χ1) is 17.1. The Kier molecular flexibility index (Phi) is 6.82. The Morgan fingerprint density at radius 3 is 2.23 bits per heavy atom. The van der Waals surface area contributed by atoms with Crippen molar-refractivity contribution < 1.29 is 14.3 Å². The fraction of sp³-hybridized carbons (Fsp3) is 0.310. The average Bonchev–Trinajstić information content (AvgIpc) is 3.40. The number of nitrogens with zero attached hydrogens (tertiary/aromatic N) is 1. The molecule has 2 aliphatic rings. The van der Waals surface area contributed by atoms with E-state index < -0.39 is 6.09 Å². The average molecular weight is 470 g/mol. The molecular weight excluding hydrogens is 438 g/mol. The number of benzene rings is 3. The molecule has 3 aromatic carbocycles. The van der Waals surface area contributed by atoms with Gasteiger partial charge in [-0.1, -0.05) is 78.9 Å². The van der Waals surface area contributed by atoms with E-state index in [4.69, 9.17) is 4.74 Å². The van der Waals surface area contributed by atoms with Crippen molar-refractivity contribution in [1.82, 2.24) is 15.5 Å². The molecule has 0 aromatic heterocycles. The maximum atomic E-state index is 12.7. The SMILES string of the molecule is CN1C[C@@H](NC(=O)OCC2c3ccccc3-c3ccccc32)C[C@H]1C(=O)NCCc1ccccc1. The van der Waals surface area contributed by atoms with Gasteiger partial charge < -0.3 is 15.4 Å². The predicted octanol–water partition coefficient (Wildman–Crippen LogP) is 3.96. The Labute approximate surface area is 206 Å². The van der Waals surface area contributed by atoms with Gasteiger partial charge in [-0.2, -0.15) is 0 Å². The monoisotopic (exact) mass is 469 g/mol. The molecule has 2 atom stereocenters. The number of hydrogen-bond donors (Lipinski definition) is 2. The van der Waals surface area contributed by atoms with Crippen molar-refractivity contribution in [3.05, 3.63) is 95.6 Å². The van der Waals surface area contributed by atoms with E-state index in [9.17, 15) is 9.59 Å². The van der Waals surface area contributed by atoms with Gasteiger partial charge in [-0.25, -0.2) is 4.79 Å². The first-order valence-electron chi connectivity index (χ1n) is 12.2. The molecule has 1 fully saturated rings. The molecule has 0 unspecified atom stereocenters. The summed E-state index contributed by atoms with van der Waals surface area (Å²) >= 11 is 0. The summed E-state index contributed by atoms with van der Waals surface area (Å²) in [6.45, 7) is 1.49. The number of rotatable bonds is 7. The summed E-state index contributed by atoms with van der Waals surface area (Å²) in [5, 5.41) is 6.00. The number of carbonyl (C=O) groups is 2. The number of hydrogen-bond acceptors (Lipinski definition) is 4. The fourth-order valence-corrected chi connectivity index (χ4v) is 5.31. The summed E-state index contributed by atoms with van der Waals surface area (Å²) < 4.78 is 5.68. The van der Waals surface area contributed by atoms with Gasteiger partial charge in [0.1, 0.15) is 6.61 Å². The lowest BCUT2D eigenvalue weighted by Crippen LogP contribution is -2.42. The van der Waals surface area contributed by atoms with Gasteiger partial charge in [0.05, 0.1) is 6.04 Å². The molecule has 3 aromatic rings. The highest BCUT2D eigenvalue weighted by Gasteiger charge is 2.35. The minimum atomic E-state index is -0.435. The van der Waals surface area contributed by atoms with Crippen LogP contribution in [0.2, 0.25) is 0 Å². The lowest BCUT2D eigenvalue weighted by Gasteiger charge is -2.18. The van der Waals surface area contributed by atoms with Crippen molar-refractivity contribution >= 4 is 12.0 Å². The molecular formula is C29H31N3O3. The molecule has 0 radical (unpaired) electrons. The smallest absolute Gasteiger partial charge is 0.407 e. The molecule has 180 valence electrons. The van der Waals surface area contributed by atoms with Crippen LogP contribution in [-0.4, -0.2) is 55.7 Å². The van der Waals surface area contributed by atoms with Crippen LogP contribution >= 0.6 is 0 Å². The van der Waals surface area contributed by atoms with Crippen molar-refractivity contribution in [2.75, 3.05) is 26.7 Å². The van der Waals surface area contributed by atoms with Crippen LogP contribution in [0.15, 0.2) is 78.9 Å². The summed E-state index contributed by atoms with van der Waals surface area (Å²) in [5.41, 5.74) is 5.98. The van der Waals surface area contributed by atoms with Crippen LogP contribution in [0, 0.1) is 0 Å². The van der Waals surface area contributed by atoms with E-state index in [1.165, 1.54) is 27.8 Å². The van der Waals surface area contributed by atoms with E-state index in [1.54, 1.807) is 0 Å². The first-order valence-corrected chi connectivity index (χ1v) is 12.2. The molecule has 2 N–H and O–H groups in total. The zero-order valence-electron chi connectivity index (χ0n) is 19.9. The van der Waals surface area contributed by atoms with E-state index >= 15 is 0 Å². The zero-order valence-corrected chi connectivity index (χ0v) is 19.9. The van der Waals surface area contributed by atoms with Gasteiger partial charge in [0, 0.05) is 25.0 Å². The first kappa shape index (κ1) is 23.1. The molecule has 1 aliphatic heterocycles. The Morgan fingerprint density at radius 2 is 1.54 bits per heavy atom. The van der Waals surface area contributed by atoms with Gasteiger partial charge in [-0.15, -0.1) is 0 Å². The van der Waals surface area contributed by atoms with Gasteiger partial charge in [0.25, 0.3) is 0 Å². The van der Waals surface area contributed by atoms with E-state index in [1.807, 2.05) is 54.4 Å². The standard InChI is InChI=1S/C29H31N3O3/c1-32-18-21(17-27(32)28(33)30-16-15-20-9-3-2-4-10-20)31-29(34)35-19-26-24-13-7-5-11-22(24)23-12-6-8-14-25(23)26/h2-14,21,26-27H,15-19H2,1H3,(H,30,33)(H,31,34)/t21-,27-/m0/s1. The summed E-state index contributed by atoms with van der Waals surface area (Å²) in [4.78, 5) is 27.3. The van der Waals surface area contributed by atoms with Gasteiger partial charge in [0.2, 0.25) is 5.91 Å². The van der Waals surface area contributed by atoms with E-state index in [0.717, 1.165) is 6.42 Å². The molecule has 6 nitrogen and oxygen atoms in total. The largest absolute Gasteiger partial charge is 0.449 e. The molecule has 35 heavy (non-hydrogen) atoms. The van der Waals surface area contributed by atoms with Gasteiger partial charge in [-0.3, -0.25) is 9.69 Å². The Morgan fingerprint density at radius 1 is 0.914 bits per heavy atom. The maximum absolute atomic E-state index is 12.7. The van der Waals surface area contributed by atoms with Crippen molar-refractivity contribution in [2.24, 2.45) is 0 Å². The van der Waals surface area contributed by atoms with Crippen LogP contribution in [0.25, 0.3) is 11.1 Å². The third-order valence-corrected chi connectivity index (χ3v) is 7.07. The van der Waals surface area contributed by atoms with Crippen molar-refractivity contribution in [3.8, 4) is 11.1 Å². The second-order valence-electron chi connectivity index (χ2n) is 9.38. The van der Waals surface area contributed by atoms with Gasteiger partial charge in [0.15, 0.2) is 0 Å². The lowest BCUT2D eigenvalue weighted by molar-refractivity contribution is -0.125. The van der Waals surface area contributed by atoms with Crippen molar-refractivity contribution in [1.29, 1.82) is 0 Å². The summed E-state index contributed by atoms with van der Waals surface area (Å²) in [6, 6.07) is 26.3. The van der Waals surface area contributed by atoms with Crippen LogP contribution in [0.3, 0.4) is 0 Å². The minimum Gasteiger partial charge on any atom is -0.449 e. The Hall–Kier alpha value is -3.64. The van der Waals surface area contributed by atoms with E-state index in [2.05, 4.69) is 47.0 Å². The normalized spacial score (nSPS) is 19.1. The highest BCUT2D eigenvalue weighted by atomic mass is 16.5. The number of carbonyl (C=O) groups excluding carboxylic acids is 2. The number of ether oxygens (including phenoxy) is 1. The molecule has 5 rings (SSSR count). The van der Waals surface area contributed by atoms with Crippen LogP contribution in [0.1, 0.15) is 29.0 Å². The second-order valence-corrected chi connectivity index (χ2v) is 9.38. The number of likely N-dealkylation sites (tertiary alicyclic amines) is 1. The van der Waals surface area contributed by atoms with E-state index in [-0.39, 0.29) is 30.5 Å². The maximum Gasteiger partial charge on any atom is 0.407 e. The third-order valence-electron chi connectivity index (χ3n) is 7.07. The van der Waals surface area contributed by atoms with Crippen LogP contribution in [0.4, 0.5) is 4.79 Å². The molecule has 0 spiro atoms. The molecule has 6 heteroatoms. The molecule has 1 aliphatic carbocycles. The summed E-state index contributed by atoms with van der Waals surface area (Å²) in [6.07, 6.45) is 0.929. The van der Waals surface area contributed by atoms with Crippen LogP contribution < -0.4 is 10.6 Å². The zero-order chi connectivity index (χ0) is 24.2. The van der Waals surface area contributed by atoms with Crippen molar-refractivity contribution in [2.45, 2.75) is 30.8 Å². The highest BCUT2D eigenvalue weighted by Crippen LogP contribution is 2.44. The third kappa shape index (κ3) is 5.08. The molecule has 2 amide bonds. The number of fused-ring (bicyclic) bond motifs is 3. The van der Waals surface area contributed by atoms with Crippen LogP contribution in [0.5, 0.6) is 0 Å². The lowest BCUT2D eigenvalue weighted by atomic mass is 9.98. The second kappa shape index (κ2) is 10.3. The molecule has 1 heterocycles. The quantitative estimate of drug-likeness (QED) is 0.550. The summed E-state index contributed by atoms with van der Waals surface area (Å²) in [5.74, 6) is 0.0304. The molecule has 1 saturated heterocycles. The Bertz CT molecular complexity index is 1150. The predicted molar refractivity (Wildman–Crippen MR) is 136 cm³/mol.